The minimum absolute atomic E-state index is 0.111. The van der Waals surface area contributed by atoms with Gasteiger partial charge in [-0.2, -0.15) is 5.26 Å². The molecule has 0 aliphatic carbocycles. The van der Waals surface area contributed by atoms with E-state index in [1.165, 1.54) is 22.9 Å². The number of hydrogen-bond donors (Lipinski definition) is 2. The van der Waals surface area contributed by atoms with E-state index in [1.54, 1.807) is 42.5 Å². The van der Waals surface area contributed by atoms with Crippen LogP contribution in [-0.4, -0.2) is 26.3 Å². The number of nitrogens with zero attached hydrogens (tertiary/aromatic N) is 4. The molecule has 0 fully saturated rings. The molecule has 0 radical (unpaired) electrons. The van der Waals surface area contributed by atoms with Crippen LogP contribution in [0.15, 0.2) is 70.0 Å². The third-order valence-corrected chi connectivity index (χ3v) is 7.59. The molecule has 0 saturated heterocycles. The molecule has 0 bridgehead atoms. The van der Waals surface area contributed by atoms with Crippen LogP contribution < -0.4 is 16.8 Å². The largest absolute Gasteiger partial charge is 0.420 e. The Bertz CT molecular complexity index is 2040. The van der Waals surface area contributed by atoms with Crippen LogP contribution in [0.5, 0.6) is 0 Å². The van der Waals surface area contributed by atoms with Gasteiger partial charge in [0.15, 0.2) is 5.58 Å². The van der Waals surface area contributed by atoms with Crippen molar-refractivity contribution in [1.29, 1.82) is 5.26 Å². The van der Waals surface area contributed by atoms with Crippen molar-refractivity contribution in [3.63, 3.8) is 0 Å². The summed E-state index contributed by atoms with van der Waals surface area (Å²) >= 11 is 0. The van der Waals surface area contributed by atoms with E-state index in [2.05, 4.69) is 10.3 Å². The predicted octanol–water partition coefficient (Wildman–Crippen LogP) is 5.46. The van der Waals surface area contributed by atoms with Gasteiger partial charge in [0.05, 0.1) is 51.9 Å². The van der Waals surface area contributed by atoms with E-state index in [1.807, 2.05) is 33.8 Å². The number of halogens is 1. The summed E-state index contributed by atoms with van der Waals surface area (Å²) in [5.41, 5.74) is 10.5. The molecule has 10 nitrogen and oxygen atoms in total. The number of benzene rings is 2. The van der Waals surface area contributed by atoms with Crippen LogP contribution in [-0.2, 0) is 19.4 Å². The number of carbonyl (C=O) groups excluding carboxylic acids is 2. The summed E-state index contributed by atoms with van der Waals surface area (Å²) in [7, 11) is 0. The van der Waals surface area contributed by atoms with Crippen LogP contribution >= 0.6 is 0 Å². The highest BCUT2D eigenvalue weighted by Gasteiger charge is 2.37. The minimum Gasteiger partial charge on any atom is -0.408 e. The van der Waals surface area contributed by atoms with Gasteiger partial charge in [0.1, 0.15) is 11.9 Å². The van der Waals surface area contributed by atoms with Crippen molar-refractivity contribution in [1.82, 2.24) is 19.9 Å². The van der Waals surface area contributed by atoms with E-state index < -0.39 is 23.6 Å². The summed E-state index contributed by atoms with van der Waals surface area (Å²) < 4.78 is 20.5. The second kappa shape index (κ2) is 13.2. The highest BCUT2D eigenvalue weighted by atomic mass is 19.1. The molecular weight excluding hydrogens is 587 g/mol. The first-order chi connectivity index (χ1) is 22.1. The number of nitrogens with one attached hydrogen (secondary N) is 1. The Morgan fingerprint density at radius 2 is 1.85 bits per heavy atom. The van der Waals surface area contributed by atoms with Gasteiger partial charge in [-0.15, -0.1) is 0 Å². The van der Waals surface area contributed by atoms with Crippen molar-refractivity contribution in [3.05, 3.63) is 116 Å². The number of oxazole rings is 1. The lowest BCUT2D eigenvalue weighted by atomic mass is 9.88. The van der Waals surface area contributed by atoms with Gasteiger partial charge in [-0.3, -0.25) is 24.1 Å². The summed E-state index contributed by atoms with van der Waals surface area (Å²) in [5.74, 6) is -2.00. The first-order valence-corrected chi connectivity index (χ1v) is 15.0. The average molecular weight is 621 g/mol. The van der Waals surface area contributed by atoms with Crippen molar-refractivity contribution in [2.24, 2.45) is 11.7 Å². The molecule has 2 amide bonds. The molecule has 46 heavy (non-hydrogen) atoms. The van der Waals surface area contributed by atoms with Crippen molar-refractivity contribution in [3.8, 4) is 17.2 Å². The van der Waals surface area contributed by atoms with E-state index in [9.17, 15) is 18.8 Å². The number of amides is 2. The maximum Gasteiger partial charge on any atom is 0.420 e. The van der Waals surface area contributed by atoms with Crippen LogP contribution in [0.3, 0.4) is 0 Å². The first-order valence-electron chi connectivity index (χ1n) is 15.0. The summed E-state index contributed by atoms with van der Waals surface area (Å²) in [5, 5.41) is 12.0. The van der Waals surface area contributed by atoms with Gasteiger partial charge < -0.3 is 15.5 Å². The molecule has 0 saturated carbocycles. The molecule has 234 valence electrons. The molecule has 6 rings (SSSR count). The predicted molar refractivity (Wildman–Crippen MR) is 170 cm³/mol. The number of rotatable bonds is 8. The molecule has 3 N–H and O–H groups in total. The Labute approximate surface area is 264 Å². The number of pyridine rings is 2. The summed E-state index contributed by atoms with van der Waals surface area (Å²) in [6.45, 7) is 8.09. The number of fused-ring (bicyclic) bond motifs is 2. The normalized spacial score (nSPS) is 13.6. The maximum absolute atomic E-state index is 13.5. The van der Waals surface area contributed by atoms with Crippen molar-refractivity contribution >= 4 is 22.9 Å². The molecular formula is C35H33FN6O4. The quantitative estimate of drug-likeness (QED) is 0.233. The minimum atomic E-state index is -0.730. The fourth-order valence-electron chi connectivity index (χ4n) is 5.65. The Balaban J connectivity index is 0.00000204. The van der Waals surface area contributed by atoms with Crippen LogP contribution in [0.4, 0.5) is 4.39 Å². The van der Waals surface area contributed by atoms with E-state index in [0.717, 1.165) is 5.56 Å². The highest BCUT2D eigenvalue weighted by molar-refractivity contribution is 6.12. The third-order valence-electron chi connectivity index (χ3n) is 7.59. The second-order valence-electron chi connectivity index (χ2n) is 11.2. The zero-order valence-corrected chi connectivity index (χ0v) is 25.9. The zero-order chi connectivity index (χ0) is 33.1. The van der Waals surface area contributed by atoms with Crippen LogP contribution in [0.1, 0.15) is 82.7 Å². The van der Waals surface area contributed by atoms with Crippen molar-refractivity contribution in [2.75, 3.05) is 0 Å². The fraction of sp³-hybridized carbons (Fsp3) is 0.257. The van der Waals surface area contributed by atoms with E-state index in [4.69, 9.17) is 20.4 Å². The number of nitriles is 1. The Kier molecular flexibility index (Phi) is 9.09. The third kappa shape index (κ3) is 6.15. The lowest BCUT2D eigenvalue weighted by Gasteiger charge is -2.18. The summed E-state index contributed by atoms with van der Waals surface area (Å²) in [6, 6.07) is 15.8. The molecule has 4 heterocycles. The van der Waals surface area contributed by atoms with Gasteiger partial charge >= 0.3 is 5.76 Å². The molecule has 1 aliphatic heterocycles. The van der Waals surface area contributed by atoms with E-state index in [0.29, 0.717) is 52.1 Å². The van der Waals surface area contributed by atoms with Gasteiger partial charge in [-0.25, -0.2) is 9.18 Å². The van der Waals surface area contributed by atoms with E-state index >= 15 is 0 Å². The topological polar surface area (TPSA) is 157 Å². The molecule has 1 unspecified atom stereocenters. The zero-order valence-electron chi connectivity index (χ0n) is 25.9. The number of hydrogen-bond acceptors (Lipinski definition) is 7. The number of aromatic nitrogens is 3. The number of primary amides is 1. The lowest BCUT2D eigenvalue weighted by Crippen LogP contribution is -2.21. The summed E-state index contributed by atoms with van der Waals surface area (Å²) in [6.07, 6.45) is 2.23. The average Bonchev–Trinajstić information content (AvgIpc) is 3.52. The maximum atomic E-state index is 13.5. The smallest absolute Gasteiger partial charge is 0.408 e. The standard InChI is InChI=1S/C33H27FN6O4.C2H6/c1-17(2)11-23-28(31(36)41)27(29-30(38-23)24(39-32(29)42)12-18-3-7-21(34)8-4-18)20-6-10-25-26(13-20)44-33(43)40(25)16-22-9-5-19(14-35)15-37-22;1-2/h3-10,13,15,17,24H,11-12,16H2,1-2H3,(H2,36,41)(H,39,42);1-2H3. The second-order valence-corrected chi connectivity index (χ2v) is 11.2. The van der Waals surface area contributed by atoms with Crippen LogP contribution in [0.2, 0.25) is 0 Å². The van der Waals surface area contributed by atoms with Crippen LogP contribution in [0, 0.1) is 23.1 Å². The molecule has 1 aliphatic rings. The summed E-state index contributed by atoms with van der Waals surface area (Å²) in [4.78, 5) is 48.5. The molecule has 0 spiro atoms. The van der Waals surface area contributed by atoms with Gasteiger partial charge in [-0.1, -0.05) is 45.9 Å². The van der Waals surface area contributed by atoms with Gasteiger partial charge in [-0.05, 0) is 66.3 Å². The Hall–Kier alpha value is -5.63. The molecule has 5 aromatic rings. The monoisotopic (exact) mass is 620 g/mol. The molecule has 1 atom stereocenters. The molecule has 11 heteroatoms. The van der Waals surface area contributed by atoms with E-state index in [-0.39, 0.29) is 35.0 Å². The van der Waals surface area contributed by atoms with Crippen molar-refractivity contribution < 1.29 is 18.4 Å². The van der Waals surface area contributed by atoms with Crippen LogP contribution in [0.25, 0.3) is 22.2 Å². The van der Waals surface area contributed by atoms with Gasteiger partial charge in [0.2, 0.25) is 0 Å². The van der Waals surface area contributed by atoms with Crippen molar-refractivity contribution in [2.45, 2.75) is 53.1 Å². The number of carbonyl (C=O) groups is 2. The first kappa shape index (κ1) is 31.8. The molecule has 3 aromatic heterocycles. The Morgan fingerprint density at radius 3 is 2.48 bits per heavy atom. The van der Waals surface area contributed by atoms with Gasteiger partial charge in [0.25, 0.3) is 11.8 Å². The highest BCUT2D eigenvalue weighted by Crippen LogP contribution is 2.39. The number of nitrogens with two attached hydrogens (primary N) is 1. The van der Waals surface area contributed by atoms with Gasteiger partial charge in [0, 0.05) is 11.8 Å². The lowest BCUT2D eigenvalue weighted by molar-refractivity contribution is 0.0956. The molecule has 2 aromatic carbocycles. The SMILES string of the molecule is CC.CC(C)Cc1nc2c(c(-c3ccc4c(c3)oc(=O)n4Cc3ccc(C#N)cn3)c1C(N)=O)C(=O)NC2Cc1ccc(F)cc1. The Morgan fingerprint density at radius 1 is 1.11 bits per heavy atom. The fourth-order valence-corrected chi connectivity index (χ4v) is 5.65.